The Morgan fingerprint density at radius 1 is 1.11 bits per heavy atom. The van der Waals surface area contributed by atoms with E-state index in [2.05, 4.69) is 21.2 Å². The van der Waals surface area contributed by atoms with Crippen molar-refractivity contribution in [1.82, 2.24) is 19.4 Å². The molecular weight excluding hydrogens is 448 g/mol. The number of nitrogens with zero attached hydrogens (tertiary/aromatic N) is 3. The molecule has 0 aliphatic carbocycles. The summed E-state index contributed by atoms with van der Waals surface area (Å²) in [6, 6.07) is 6.57. The average Bonchev–Trinajstić information content (AvgIpc) is 2.61. The predicted octanol–water partition coefficient (Wildman–Crippen LogP) is 0.738. The molecule has 10 heteroatoms. The maximum absolute atomic E-state index is 12.7. The Morgan fingerprint density at radius 3 is 2.21 bits per heavy atom. The van der Waals surface area contributed by atoms with Gasteiger partial charge in [0.05, 0.1) is 18.0 Å². The van der Waals surface area contributed by atoms with Gasteiger partial charge >= 0.3 is 0 Å². The second-order valence-corrected chi connectivity index (χ2v) is 9.99. The fraction of sp³-hybridized carbons (Fsp3) is 0.556. The van der Waals surface area contributed by atoms with Crippen LogP contribution in [-0.4, -0.2) is 86.7 Å². The number of hydrogen-bond acceptors (Lipinski definition) is 5. The van der Waals surface area contributed by atoms with Gasteiger partial charge < -0.3 is 10.2 Å². The maximum Gasteiger partial charge on any atom is 0.243 e. The van der Waals surface area contributed by atoms with Crippen molar-refractivity contribution >= 4 is 37.8 Å². The monoisotopic (exact) mass is 474 g/mol. The number of likely N-dealkylation sites (N-methyl/N-ethyl adjacent to an activating group) is 1. The third kappa shape index (κ3) is 6.26. The maximum atomic E-state index is 12.7. The molecule has 0 atom stereocenters. The summed E-state index contributed by atoms with van der Waals surface area (Å²) in [5, 5.41) is 2.79. The third-order valence-corrected chi connectivity index (χ3v) is 6.75. The van der Waals surface area contributed by atoms with E-state index in [0.29, 0.717) is 13.1 Å². The van der Waals surface area contributed by atoms with Gasteiger partial charge in [0.2, 0.25) is 21.8 Å². The van der Waals surface area contributed by atoms with Crippen LogP contribution in [0.25, 0.3) is 0 Å². The van der Waals surface area contributed by atoms with E-state index in [0.717, 1.165) is 4.47 Å². The van der Waals surface area contributed by atoms with Gasteiger partial charge in [-0.05, 0) is 45.2 Å². The Morgan fingerprint density at radius 2 is 1.68 bits per heavy atom. The largest absolute Gasteiger partial charge is 0.353 e. The van der Waals surface area contributed by atoms with Crippen LogP contribution < -0.4 is 5.32 Å². The number of carbonyl (C=O) groups is 2. The molecule has 1 aromatic rings. The van der Waals surface area contributed by atoms with Gasteiger partial charge in [-0.1, -0.05) is 15.9 Å². The molecule has 0 aromatic heterocycles. The number of benzene rings is 1. The van der Waals surface area contributed by atoms with Crippen molar-refractivity contribution in [3.05, 3.63) is 28.7 Å². The molecule has 0 spiro atoms. The minimum Gasteiger partial charge on any atom is -0.353 e. The minimum absolute atomic E-state index is 0.0531. The number of carbonyl (C=O) groups excluding carboxylic acids is 2. The van der Waals surface area contributed by atoms with Gasteiger partial charge in [0.1, 0.15) is 0 Å². The molecule has 1 aromatic carbocycles. The first kappa shape index (κ1) is 22.8. The lowest BCUT2D eigenvalue weighted by molar-refractivity contribution is -0.133. The van der Waals surface area contributed by atoms with Crippen LogP contribution in [0.5, 0.6) is 0 Å². The highest BCUT2D eigenvalue weighted by atomic mass is 79.9. The molecule has 1 aliphatic heterocycles. The molecule has 0 unspecified atom stereocenters. The van der Waals surface area contributed by atoms with Crippen LogP contribution in [0.2, 0.25) is 0 Å². The van der Waals surface area contributed by atoms with Crippen LogP contribution in [-0.2, 0) is 19.6 Å². The standard InChI is InChI=1S/C18H27BrN4O4S/c1-14(2)20-17(24)12-21(3)13-18(25)22-8-10-23(11-9-22)28(26,27)16-6-4-15(19)5-7-16/h4-7,14H,8-13H2,1-3H3,(H,20,24). The van der Waals surface area contributed by atoms with Crippen molar-refractivity contribution in [2.45, 2.75) is 24.8 Å². The number of amides is 2. The number of halogens is 1. The summed E-state index contributed by atoms with van der Waals surface area (Å²) >= 11 is 3.30. The second-order valence-electron chi connectivity index (χ2n) is 7.13. The summed E-state index contributed by atoms with van der Waals surface area (Å²) in [4.78, 5) is 27.8. The van der Waals surface area contributed by atoms with E-state index in [4.69, 9.17) is 0 Å². The smallest absolute Gasteiger partial charge is 0.243 e. The molecule has 156 valence electrons. The molecule has 1 fully saturated rings. The van der Waals surface area contributed by atoms with Gasteiger partial charge in [-0.15, -0.1) is 0 Å². The summed E-state index contributed by atoms with van der Waals surface area (Å²) in [6.07, 6.45) is 0. The molecule has 8 nitrogen and oxygen atoms in total. The van der Waals surface area contributed by atoms with Crippen LogP contribution in [0.1, 0.15) is 13.8 Å². The van der Waals surface area contributed by atoms with Gasteiger partial charge in [-0.3, -0.25) is 14.5 Å². The van der Waals surface area contributed by atoms with Gasteiger partial charge in [0, 0.05) is 36.7 Å². The lowest BCUT2D eigenvalue weighted by Crippen LogP contribution is -2.52. The predicted molar refractivity (Wildman–Crippen MR) is 110 cm³/mol. The van der Waals surface area contributed by atoms with Crippen LogP contribution in [0.3, 0.4) is 0 Å². The van der Waals surface area contributed by atoms with E-state index in [-0.39, 0.29) is 48.9 Å². The van der Waals surface area contributed by atoms with Crippen LogP contribution in [0.4, 0.5) is 0 Å². The van der Waals surface area contributed by atoms with Crippen LogP contribution >= 0.6 is 15.9 Å². The van der Waals surface area contributed by atoms with Crippen molar-refractivity contribution < 1.29 is 18.0 Å². The highest BCUT2D eigenvalue weighted by molar-refractivity contribution is 9.10. The number of piperazine rings is 1. The van der Waals surface area contributed by atoms with Crippen molar-refractivity contribution in [2.24, 2.45) is 0 Å². The Bertz CT molecular complexity index is 790. The lowest BCUT2D eigenvalue weighted by atomic mass is 10.3. The minimum atomic E-state index is -3.57. The summed E-state index contributed by atoms with van der Waals surface area (Å²) < 4.78 is 27.6. The molecule has 28 heavy (non-hydrogen) atoms. The third-order valence-electron chi connectivity index (χ3n) is 4.31. The van der Waals surface area contributed by atoms with Gasteiger partial charge in [-0.2, -0.15) is 4.31 Å². The number of sulfonamides is 1. The Balaban J connectivity index is 1.86. The molecule has 1 heterocycles. The SMILES string of the molecule is CC(C)NC(=O)CN(C)CC(=O)N1CCN(S(=O)(=O)c2ccc(Br)cc2)CC1. The molecule has 1 aliphatic rings. The zero-order chi connectivity index (χ0) is 20.9. The number of hydrogen-bond donors (Lipinski definition) is 1. The summed E-state index contributed by atoms with van der Waals surface area (Å²) in [7, 11) is -1.85. The topological polar surface area (TPSA) is 90.0 Å². The normalized spacial score (nSPS) is 15.9. The van der Waals surface area contributed by atoms with Crippen molar-refractivity contribution in [3.63, 3.8) is 0 Å². The van der Waals surface area contributed by atoms with Gasteiger partial charge in [0.15, 0.2) is 0 Å². The first-order valence-corrected chi connectivity index (χ1v) is 11.3. The number of nitrogens with one attached hydrogen (secondary N) is 1. The quantitative estimate of drug-likeness (QED) is 0.629. The Hall–Kier alpha value is -1.49. The Kier molecular flexibility index (Phi) is 7.99. The summed E-state index contributed by atoms with van der Waals surface area (Å²) in [5.74, 6) is -0.240. The molecule has 0 bridgehead atoms. The fourth-order valence-electron chi connectivity index (χ4n) is 2.93. The zero-order valence-electron chi connectivity index (χ0n) is 16.4. The molecule has 0 saturated carbocycles. The van der Waals surface area contributed by atoms with Crippen LogP contribution in [0.15, 0.2) is 33.6 Å². The molecule has 2 amide bonds. The summed E-state index contributed by atoms with van der Waals surface area (Å²) in [6.45, 7) is 5.19. The van der Waals surface area contributed by atoms with E-state index in [9.17, 15) is 18.0 Å². The van der Waals surface area contributed by atoms with Crippen molar-refractivity contribution in [3.8, 4) is 0 Å². The molecule has 0 radical (unpaired) electrons. The number of rotatable bonds is 7. The molecule has 1 N–H and O–H groups in total. The van der Waals surface area contributed by atoms with E-state index in [1.54, 1.807) is 41.1 Å². The van der Waals surface area contributed by atoms with E-state index < -0.39 is 10.0 Å². The highest BCUT2D eigenvalue weighted by Gasteiger charge is 2.30. The van der Waals surface area contributed by atoms with Crippen molar-refractivity contribution in [2.75, 3.05) is 46.3 Å². The van der Waals surface area contributed by atoms with Crippen LogP contribution in [0, 0.1) is 0 Å². The van der Waals surface area contributed by atoms with Gasteiger partial charge in [-0.25, -0.2) is 8.42 Å². The van der Waals surface area contributed by atoms with E-state index in [1.165, 1.54) is 4.31 Å². The first-order valence-electron chi connectivity index (χ1n) is 9.11. The molecule has 2 rings (SSSR count). The van der Waals surface area contributed by atoms with Crippen molar-refractivity contribution in [1.29, 1.82) is 0 Å². The van der Waals surface area contributed by atoms with E-state index >= 15 is 0 Å². The summed E-state index contributed by atoms with van der Waals surface area (Å²) in [5.41, 5.74) is 0. The molecular formula is C18H27BrN4O4S. The lowest BCUT2D eigenvalue weighted by Gasteiger charge is -2.34. The highest BCUT2D eigenvalue weighted by Crippen LogP contribution is 2.20. The first-order chi connectivity index (χ1) is 13.1. The van der Waals surface area contributed by atoms with E-state index in [1.807, 2.05) is 13.8 Å². The second kappa shape index (κ2) is 9.82. The Labute approximate surface area is 175 Å². The van der Waals surface area contributed by atoms with Gasteiger partial charge in [0.25, 0.3) is 0 Å². The molecule has 1 saturated heterocycles. The fourth-order valence-corrected chi connectivity index (χ4v) is 4.62. The zero-order valence-corrected chi connectivity index (χ0v) is 18.8. The average molecular weight is 475 g/mol.